The first-order valence-electron chi connectivity index (χ1n) is 31.8. The van der Waals surface area contributed by atoms with Gasteiger partial charge in [0.25, 0.3) is 7.82 Å². The molecule has 0 saturated carbocycles. The summed E-state index contributed by atoms with van der Waals surface area (Å²) in [6.45, 7) is 6.85. The fraction of sp³-hybridized carbons (Fsp3) is 0.875. The lowest BCUT2D eigenvalue weighted by Crippen LogP contribution is -2.47. The van der Waals surface area contributed by atoms with Gasteiger partial charge in [0.1, 0.15) is 19.3 Å². The zero-order valence-electron chi connectivity index (χ0n) is 49.8. The van der Waals surface area contributed by atoms with Crippen molar-refractivity contribution in [3.63, 3.8) is 0 Å². The Bertz CT molecular complexity index is 1360. The van der Waals surface area contributed by atoms with Crippen molar-refractivity contribution in [2.75, 3.05) is 40.9 Å². The van der Waals surface area contributed by atoms with Crippen LogP contribution in [0.4, 0.5) is 0 Å². The van der Waals surface area contributed by atoms with Gasteiger partial charge in [-0.2, -0.15) is 0 Å². The van der Waals surface area contributed by atoms with E-state index in [0.29, 0.717) is 17.4 Å². The molecule has 0 saturated heterocycles. The van der Waals surface area contributed by atoms with E-state index in [2.05, 4.69) is 50.4 Å². The molecule has 0 aliphatic heterocycles. The molecule has 0 aliphatic carbocycles. The first kappa shape index (κ1) is 72.2. The number of ether oxygens (including phenoxy) is 1. The number of esters is 1. The van der Waals surface area contributed by atoms with Crippen molar-refractivity contribution in [2.24, 2.45) is 0 Å². The standard InChI is InChI=1S/C64H123N2O7P/c1-7-10-13-16-19-22-25-28-30-32-33-35-36-38-41-44-47-50-53-56-63(67)65-61(60-72-74(69,70)71-59-58-66(4,5)6)62(55-52-49-46-43-40-27-24-21-18-15-12-9-3)73-64(68)57-54-51-48-45-42-39-37-34-31-29-26-23-20-17-14-11-8-2/h19,22,28,30,52,55,61-62H,7-18,20-21,23-27,29,31-51,53-54,56-60H2,1-6H3,(H-,65,67,69,70)/b22-19-,30-28-,55-52+. The lowest BCUT2D eigenvalue weighted by Gasteiger charge is -2.30. The number of unbranched alkanes of at least 4 members (excludes halogenated alkanes) is 38. The van der Waals surface area contributed by atoms with Gasteiger partial charge in [0.2, 0.25) is 5.91 Å². The Morgan fingerprint density at radius 2 is 0.824 bits per heavy atom. The third-order valence-corrected chi connectivity index (χ3v) is 15.3. The number of carbonyl (C=O) groups is 2. The molecule has 0 aliphatic rings. The predicted molar refractivity (Wildman–Crippen MR) is 316 cm³/mol. The minimum Gasteiger partial charge on any atom is -0.756 e. The highest BCUT2D eigenvalue weighted by Crippen LogP contribution is 2.38. The Kier molecular flexibility index (Phi) is 53.3. The number of carbonyl (C=O) groups excluding carboxylic acids is 2. The zero-order valence-corrected chi connectivity index (χ0v) is 50.7. The first-order valence-corrected chi connectivity index (χ1v) is 33.3. The number of nitrogens with zero attached hydrogens (tertiary/aromatic N) is 1. The second kappa shape index (κ2) is 54.6. The first-order chi connectivity index (χ1) is 35.9. The number of nitrogens with one attached hydrogen (secondary N) is 1. The molecule has 0 aromatic carbocycles. The molecule has 1 N–H and O–H groups in total. The summed E-state index contributed by atoms with van der Waals surface area (Å²) in [4.78, 5) is 40.0. The van der Waals surface area contributed by atoms with Crippen molar-refractivity contribution in [1.82, 2.24) is 5.32 Å². The number of hydrogen-bond acceptors (Lipinski definition) is 7. The molecule has 436 valence electrons. The minimum absolute atomic E-state index is 0.0208. The molecule has 0 fully saturated rings. The quantitative estimate of drug-likeness (QED) is 0.0212. The normalized spacial score (nSPS) is 13.9. The highest BCUT2D eigenvalue weighted by atomic mass is 31.2. The van der Waals surface area contributed by atoms with Gasteiger partial charge >= 0.3 is 5.97 Å². The number of phosphoric acid groups is 1. The van der Waals surface area contributed by atoms with Crippen LogP contribution in [-0.4, -0.2) is 69.4 Å². The maximum absolute atomic E-state index is 13.5. The number of allylic oxidation sites excluding steroid dienone is 5. The van der Waals surface area contributed by atoms with Crippen molar-refractivity contribution in [3.8, 4) is 0 Å². The Morgan fingerprint density at radius 3 is 1.24 bits per heavy atom. The van der Waals surface area contributed by atoms with Crippen LogP contribution in [0.3, 0.4) is 0 Å². The molecule has 10 heteroatoms. The van der Waals surface area contributed by atoms with Crippen LogP contribution in [0.2, 0.25) is 0 Å². The summed E-state index contributed by atoms with van der Waals surface area (Å²) in [7, 11) is 1.19. The summed E-state index contributed by atoms with van der Waals surface area (Å²) in [5.74, 6) is -0.531. The van der Waals surface area contributed by atoms with Crippen molar-refractivity contribution >= 4 is 19.7 Å². The summed E-state index contributed by atoms with van der Waals surface area (Å²) in [5, 5.41) is 3.03. The fourth-order valence-electron chi connectivity index (χ4n) is 9.38. The average Bonchev–Trinajstić information content (AvgIpc) is 3.36. The van der Waals surface area contributed by atoms with Crippen LogP contribution in [0, 0.1) is 0 Å². The molecule has 9 nitrogen and oxygen atoms in total. The fourth-order valence-corrected chi connectivity index (χ4v) is 10.1. The van der Waals surface area contributed by atoms with Crippen LogP contribution >= 0.6 is 7.82 Å². The molecular formula is C64H123N2O7P. The lowest BCUT2D eigenvalue weighted by molar-refractivity contribution is -0.870. The number of likely N-dealkylation sites (N-methyl/N-ethyl adjacent to an activating group) is 1. The van der Waals surface area contributed by atoms with Gasteiger partial charge in [-0.05, 0) is 63.9 Å². The van der Waals surface area contributed by atoms with Gasteiger partial charge < -0.3 is 28.5 Å². The molecule has 0 spiro atoms. The molecule has 0 heterocycles. The lowest BCUT2D eigenvalue weighted by atomic mass is 10.0. The summed E-state index contributed by atoms with van der Waals surface area (Å²) in [5.41, 5.74) is 0. The Morgan fingerprint density at radius 1 is 0.473 bits per heavy atom. The number of rotatable bonds is 58. The number of quaternary nitrogens is 1. The van der Waals surface area contributed by atoms with E-state index in [1.54, 1.807) is 0 Å². The van der Waals surface area contributed by atoms with E-state index in [-0.39, 0.29) is 31.5 Å². The highest BCUT2D eigenvalue weighted by Gasteiger charge is 2.27. The van der Waals surface area contributed by atoms with Gasteiger partial charge in [0, 0.05) is 12.8 Å². The number of amides is 1. The molecule has 0 bridgehead atoms. The molecule has 0 aromatic heterocycles. The number of phosphoric ester groups is 1. The van der Waals surface area contributed by atoms with E-state index in [1.807, 2.05) is 33.3 Å². The third kappa shape index (κ3) is 55.0. The molecule has 1 amide bonds. The van der Waals surface area contributed by atoms with Crippen LogP contribution in [0.1, 0.15) is 310 Å². The molecule has 0 rings (SSSR count). The topological polar surface area (TPSA) is 114 Å². The Balaban J connectivity index is 5.21. The van der Waals surface area contributed by atoms with Crippen molar-refractivity contribution in [1.29, 1.82) is 0 Å². The van der Waals surface area contributed by atoms with Crippen LogP contribution in [0.5, 0.6) is 0 Å². The largest absolute Gasteiger partial charge is 0.756 e. The maximum Gasteiger partial charge on any atom is 0.306 e. The molecule has 0 aromatic rings. The smallest absolute Gasteiger partial charge is 0.306 e. The summed E-state index contributed by atoms with van der Waals surface area (Å²) < 4.78 is 30.3. The van der Waals surface area contributed by atoms with Crippen molar-refractivity contribution in [3.05, 3.63) is 36.5 Å². The second-order valence-electron chi connectivity index (χ2n) is 22.9. The van der Waals surface area contributed by atoms with E-state index in [1.165, 1.54) is 199 Å². The van der Waals surface area contributed by atoms with E-state index >= 15 is 0 Å². The summed E-state index contributed by atoms with van der Waals surface area (Å²) >= 11 is 0. The van der Waals surface area contributed by atoms with E-state index < -0.39 is 20.0 Å². The Hall–Kier alpha value is -1.77. The molecule has 74 heavy (non-hydrogen) atoms. The van der Waals surface area contributed by atoms with Gasteiger partial charge in [0.15, 0.2) is 0 Å². The third-order valence-electron chi connectivity index (χ3n) is 14.3. The van der Waals surface area contributed by atoms with Gasteiger partial charge in [-0.25, -0.2) is 0 Å². The van der Waals surface area contributed by atoms with E-state index in [4.69, 9.17) is 13.8 Å². The van der Waals surface area contributed by atoms with Crippen LogP contribution in [0.25, 0.3) is 0 Å². The predicted octanol–water partition coefficient (Wildman–Crippen LogP) is 18.9. The van der Waals surface area contributed by atoms with E-state index in [9.17, 15) is 19.0 Å². The summed E-state index contributed by atoms with van der Waals surface area (Å²) in [6.07, 6.45) is 65.3. The Labute approximate surface area is 459 Å². The van der Waals surface area contributed by atoms with Crippen LogP contribution in [-0.2, 0) is 27.9 Å². The monoisotopic (exact) mass is 1060 g/mol. The summed E-state index contributed by atoms with van der Waals surface area (Å²) in [6, 6.07) is -0.886. The average molecular weight is 1060 g/mol. The molecule has 0 radical (unpaired) electrons. The minimum atomic E-state index is -4.70. The van der Waals surface area contributed by atoms with E-state index in [0.717, 1.165) is 77.0 Å². The van der Waals surface area contributed by atoms with Gasteiger partial charge in [-0.3, -0.25) is 14.2 Å². The van der Waals surface area contributed by atoms with Crippen molar-refractivity contribution in [2.45, 2.75) is 322 Å². The highest BCUT2D eigenvalue weighted by molar-refractivity contribution is 7.45. The van der Waals surface area contributed by atoms with Crippen molar-refractivity contribution < 1.29 is 37.3 Å². The molecule has 3 atom stereocenters. The molecular weight excluding hydrogens is 940 g/mol. The van der Waals surface area contributed by atoms with Crippen LogP contribution in [0.15, 0.2) is 36.5 Å². The molecule has 3 unspecified atom stereocenters. The van der Waals surface area contributed by atoms with Gasteiger partial charge in [-0.15, -0.1) is 0 Å². The SMILES string of the molecule is CCCCC/C=C\C/C=C\CCCCCCCCCCCC(=O)NC(COP(=O)([O-])OCC[N+](C)(C)C)C(/C=C/CCCCCCCCCCCC)OC(=O)CCCCCCCCCCCCCCCCCCC. The maximum atomic E-state index is 13.5. The van der Waals surface area contributed by atoms with Gasteiger partial charge in [-0.1, -0.05) is 269 Å². The van der Waals surface area contributed by atoms with Crippen LogP contribution < -0.4 is 10.2 Å². The number of hydrogen-bond donors (Lipinski definition) is 1. The van der Waals surface area contributed by atoms with Gasteiger partial charge in [0.05, 0.1) is 33.8 Å². The zero-order chi connectivity index (χ0) is 54.3. The second-order valence-corrected chi connectivity index (χ2v) is 24.3.